The number of hydrogen-bond donors (Lipinski definition) is 0. The predicted octanol–water partition coefficient (Wildman–Crippen LogP) is 1.67. The van der Waals surface area contributed by atoms with Crippen LogP contribution in [0, 0.1) is 11.3 Å². The van der Waals surface area contributed by atoms with Gasteiger partial charge in [-0.3, -0.25) is 9.69 Å². The van der Waals surface area contributed by atoms with E-state index in [9.17, 15) is 4.79 Å². The molecule has 1 aliphatic rings. The van der Waals surface area contributed by atoms with Crippen molar-refractivity contribution in [1.29, 1.82) is 5.26 Å². The molecule has 0 aromatic carbocycles. The molecule has 0 atom stereocenters. The Hall–Kier alpha value is -1.35. The molecule has 1 saturated heterocycles. The highest BCUT2D eigenvalue weighted by atomic mass is 35.5. The van der Waals surface area contributed by atoms with Crippen LogP contribution < -0.4 is 0 Å². The van der Waals surface area contributed by atoms with E-state index in [0.29, 0.717) is 38.3 Å². The minimum absolute atomic E-state index is 0.122. The number of carbonyl (C=O) groups is 1. The van der Waals surface area contributed by atoms with Crippen LogP contribution in [0.25, 0.3) is 0 Å². The third kappa shape index (κ3) is 3.35. The Balaban J connectivity index is 2.03. The maximum absolute atomic E-state index is 12.3. The summed E-state index contributed by atoms with van der Waals surface area (Å²) in [7, 11) is 0. The molecule has 0 aliphatic carbocycles. The van der Waals surface area contributed by atoms with E-state index >= 15 is 0 Å². The summed E-state index contributed by atoms with van der Waals surface area (Å²) in [5.41, 5.74) is 0.361. The fraction of sp³-hybridized carbons (Fsp3) is 0.417. The van der Waals surface area contributed by atoms with E-state index in [0.717, 1.165) is 0 Å². The molecule has 0 unspecified atom stereocenters. The number of halogens is 2. The normalized spacial score (nSPS) is 16.2. The molecule has 7 heteroatoms. The summed E-state index contributed by atoms with van der Waals surface area (Å²) in [4.78, 5) is 19.9. The highest BCUT2D eigenvalue weighted by molar-refractivity contribution is 6.34. The zero-order chi connectivity index (χ0) is 13.8. The van der Waals surface area contributed by atoms with Crippen LogP contribution in [0.5, 0.6) is 0 Å². The third-order valence-corrected chi connectivity index (χ3v) is 3.50. The zero-order valence-electron chi connectivity index (χ0n) is 10.1. The molecule has 2 rings (SSSR count). The number of pyridine rings is 1. The highest BCUT2D eigenvalue weighted by Gasteiger charge is 2.23. The molecule has 19 heavy (non-hydrogen) atoms. The van der Waals surface area contributed by atoms with Crippen LogP contribution in [0.2, 0.25) is 10.3 Å². The van der Waals surface area contributed by atoms with Crippen LogP contribution in [-0.4, -0.2) is 53.4 Å². The average molecular weight is 299 g/mol. The first kappa shape index (κ1) is 14.1. The van der Waals surface area contributed by atoms with Crippen LogP contribution in [0.1, 0.15) is 10.4 Å². The lowest BCUT2D eigenvalue weighted by molar-refractivity contribution is 0.0651. The van der Waals surface area contributed by atoms with Gasteiger partial charge in [-0.2, -0.15) is 5.26 Å². The molecule has 0 spiro atoms. The topological polar surface area (TPSA) is 60.2 Å². The first-order chi connectivity index (χ1) is 9.11. The van der Waals surface area contributed by atoms with Gasteiger partial charge in [-0.05, 0) is 12.1 Å². The number of amides is 1. The van der Waals surface area contributed by atoms with Crippen LogP contribution in [-0.2, 0) is 0 Å². The summed E-state index contributed by atoms with van der Waals surface area (Å²) in [5, 5.41) is 9.01. The molecule has 1 aliphatic heterocycles. The van der Waals surface area contributed by atoms with Gasteiger partial charge < -0.3 is 4.90 Å². The Bertz CT molecular complexity index is 521. The van der Waals surface area contributed by atoms with Gasteiger partial charge in [-0.15, -0.1) is 0 Å². The maximum Gasteiger partial charge on any atom is 0.257 e. The molecule has 2 heterocycles. The Morgan fingerprint density at radius 3 is 2.58 bits per heavy atom. The maximum atomic E-state index is 12.3. The number of nitriles is 1. The minimum Gasteiger partial charge on any atom is -0.336 e. The van der Waals surface area contributed by atoms with Crippen molar-refractivity contribution in [3.05, 3.63) is 28.0 Å². The summed E-state index contributed by atoms with van der Waals surface area (Å²) in [5.74, 6) is -0.147. The van der Waals surface area contributed by atoms with Crippen LogP contribution >= 0.6 is 23.2 Å². The SMILES string of the molecule is N#CCN1CCN(C(=O)c2ccc(Cl)nc2Cl)CC1. The fourth-order valence-corrected chi connectivity index (χ4v) is 2.38. The van der Waals surface area contributed by atoms with E-state index in [-0.39, 0.29) is 16.2 Å². The molecule has 0 radical (unpaired) electrons. The smallest absolute Gasteiger partial charge is 0.257 e. The summed E-state index contributed by atoms with van der Waals surface area (Å²) in [6, 6.07) is 5.24. The summed E-state index contributed by atoms with van der Waals surface area (Å²) < 4.78 is 0. The minimum atomic E-state index is -0.147. The van der Waals surface area contributed by atoms with Gasteiger partial charge in [0.25, 0.3) is 5.91 Å². The van der Waals surface area contributed by atoms with Crippen molar-refractivity contribution in [3.63, 3.8) is 0 Å². The largest absolute Gasteiger partial charge is 0.336 e. The summed E-state index contributed by atoms with van der Waals surface area (Å²) in [6.07, 6.45) is 0. The Kier molecular flexibility index (Phi) is 4.59. The molecule has 1 aromatic heterocycles. The Morgan fingerprint density at radius 2 is 2.00 bits per heavy atom. The predicted molar refractivity (Wildman–Crippen MR) is 72.2 cm³/mol. The molecule has 1 fully saturated rings. The van der Waals surface area contributed by atoms with Crippen molar-refractivity contribution < 1.29 is 4.79 Å². The van der Waals surface area contributed by atoms with Crippen molar-refractivity contribution >= 4 is 29.1 Å². The molecule has 1 aromatic rings. The van der Waals surface area contributed by atoms with E-state index in [1.54, 1.807) is 17.0 Å². The van der Waals surface area contributed by atoms with Crippen molar-refractivity contribution in [2.75, 3.05) is 32.7 Å². The van der Waals surface area contributed by atoms with E-state index < -0.39 is 0 Å². The van der Waals surface area contributed by atoms with Gasteiger partial charge in [0, 0.05) is 26.2 Å². The summed E-state index contributed by atoms with van der Waals surface area (Å²) in [6.45, 7) is 2.94. The first-order valence-electron chi connectivity index (χ1n) is 5.82. The molecule has 0 bridgehead atoms. The number of rotatable bonds is 2. The number of carbonyl (C=O) groups excluding carboxylic acids is 1. The van der Waals surface area contributed by atoms with Crippen molar-refractivity contribution in [2.45, 2.75) is 0 Å². The van der Waals surface area contributed by atoms with Crippen molar-refractivity contribution in [3.8, 4) is 6.07 Å². The lowest BCUT2D eigenvalue weighted by atomic mass is 10.2. The van der Waals surface area contributed by atoms with E-state index in [1.807, 2.05) is 4.90 Å². The quantitative estimate of drug-likeness (QED) is 0.615. The third-order valence-electron chi connectivity index (χ3n) is 3.00. The first-order valence-corrected chi connectivity index (χ1v) is 6.58. The fourth-order valence-electron chi connectivity index (χ4n) is 1.95. The van der Waals surface area contributed by atoms with Gasteiger partial charge >= 0.3 is 0 Å². The van der Waals surface area contributed by atoms with E-state index in [2.05, 4.69) is 11.1 Å². The summed E-state index contributed by atoms with van der Waals surface area (Å²) >= 11 is 11.6. The Labute approximate surface area is 121 Å². The second-order valence-electron chi connectivity index (χ2n) is 4.20. The van der Waals surface area contributed by atoms with Gasteiger partial charge in [0.2, 0.25) is 0 Å². The molecule has 100 valence electrons. The average Bonchev–Trinajstić information content (AvgIpc) is 2.39. The van der Waals surface area contributed by atoms with Gasteiger partial charge in [0.15, 0.2) is 0 Å². The number of aromatic nitrogens is 1. The number of nitrogens with zero attached hydrogens (tertiary/aromatic N) is 4. The Morgan fingerprint density at radius 1 is 1.32 bits per heavy atom. The lowest BCUT2D eigenvalue weighted by Gasteiger charge is -2.33. The van der Waals surface area contributed by atoms with Gasteiger partial charge in [0.05, 0.1) is 18.2 Å². The van der Waals surface area contributed by atoms with Gasteiger partial charge in [0.1, 0.15) is 10.3 Å². The van der Waals surface area contributed by atoms with Gasteiger partial charge in [-0.25, -0.2) is 4.98 Å². The molecular weight excluding hydrogens is 287 g/mol. The number of hydrogen-bond acceptors (Lipinski definition) is 4. The zero-order valence-corrected chi connectivity index (χ0v) is 11.7. The van der Waals surface area contributed by atoms with Crippen LogP contribution in [0.4, 0.5) is 0 Å². The number of piperazine rings is 1. The molecule has 5 nitrogen and oxygen atoms in total. The standard InChI is InChI=1S/C12H12Cl2N4O/c13-10-2-1-9(11(14)16-10)12(19)18-7-5-17(4-3-15)6-8-18/h1-2H,4-8H2. The lowest BCUT2D eigenvalue weighted by Crippen LogP contribution is -2.48. The van der Waals surface area contributed by atoms with E-state index in [1.165, 1.54) is 0 Å². The van der Waals surface area contributed by atoms with Gasteiger partial charge in [-0.1, -0.05) is 23.2 Å². The highest BCUT2D eigenvalue weighted by Crippen LogP contribution is 2.19. The second kappa shape index (κ2) is 6.20. The molecule has 0 saturated carbocycles. The second-order valence-corrected chi connectivity index (χ2v) is 4.94. The van der Waals surface area contributed by atoms with E-state index in [4.69, 9.17) is 28.5 Å². The monoisotopic (exact) mass is 298 g/mol. The van der Waals surface area contributed by atoms with Crippen molar-refractivity contribution in [1.82, 2.24) is 14.8 Å². The van der Waals surface area contributed by atoms with Crippen molar-refractivity contribution in [2.24, 2.45) is 0 Å². The van der Waals surface area contributed by atoms with Crippen LogP contribution in [0.15, 0.2) is 12.1 Å². The molecular formula is C12H12Cl2N4O. The van der Waals surface area contributed by atoms with Crippen LogP contribution in [0.3, 0.4) is 0 Å². The molecule has 0 N–H and O–H groups in total. The molecule has 1 amide bonds.